The Bertz CT molecular complexity index is 3870. The van der Waals surface area contributed by atoms with Gasteiger partial charge >= 0.3 is 0 Å². The third-order valence-electron chi connectivity index (χ3n) is 18.6. The van der Waals surface area contributed by atoms with E-state index in [1.807, 2.05) is 19.1 Å². The number of likely N-dealkylation sites (N-methyl/N-ethyl adjacent to an activating group) is 1. The van der Waals surface area contributed by atoms with Crippen LogP contribution in [0.5, 0.6) is 5.75 Å². The fourth-order valence-corrected chi connectivity index (χ4v) is 12.6. The molecule has 0 saturated carbocycles. The highest BCUT2D eigenvalue weighted by atomic mass is 19.1. The van der Waals surface area contributed by atoms with Crippen LogP contribution in [0.3, 0.4) is 0 Å². The van der Waals surface area contributed by atoms with E-state index < -0.39 is 150 Å². The molecule has 9 atom stereocenters. The fourth-order valence-electron chi connectivity index (χ4n) is 12.6. The van der Waals surface area contributed by atoms with Crippen molar-refractivity contribution in [2.24, 2.45) is 0 Å². The van der Waals surface area contributed by atoms with E-state index in [-0.39, 0.29) is 84.3 Å². The zero-order chi connectivity index (χ0) is 75.0. The van der Waals surface area contributed by atoms with Crippen LogP contribution in [-0.4, -0.2) is 205 Å². The number of carbonyl (C=O) groups excluding carboxylic acids is 12. The number of aliphatic hydroxyl groups excluding tert-OH is 1. The number of aromatic amines is 1. The van der Waals surface area contributed by atoms with Gasteiger partial charge in [-0.15, -0.1) is 0 Å². The Morgan fingerprint density at radius 3 is 2.07 bits per heavy atom. The monoisotopic (exact) mass is 1440 g/mol. The summed E-state index contributed by atoms with van der Waals surface area (Å²) in [7, 11) is 2.71. The second kappa shape index (κ2) is 38.3. The second-order valence-electron chi connectivity index (χ2n) is 26.6. The Kier molecular flexibility index (Phi) is 29.2. The van der Waals surface area contributed by atoms with Crippen molar-refractivity contribution in [2.75, 3.05) is 60.2 Å². The van der Waals surface area contributed by atoms with Crippen molar-refractivity contribution >= 4 is 81.8 Å². The van der Waals surface area contributed by atoms with Crippen LogP contribution >= 0.6 is 0 Å². The molecule has 0 spiro atoms. The van der Waals surface area contributed by atoms with Crippen LogP contribution in [-0.2, 0) is 106 Å². The van der Waals surface area contributed by atoms with Crippen molar-refractivity contribution in [3.8, 4) is 5.75 Å². The lowest BCUT2D eigenvalue weighted by Crippen LogP contribution is -2.63. The van der Waals surface area contributed by atoms with E-state index in [4.69, 9.17) is 14.2 Å². The van der Waals surface area contributed by atoms with E-state index in [2.05, 4.69) is 58.2 Å². The minimum atomic E-state index is -1.84. The van der Waals surface area contributed by atoms with Gasteiger partial charge in [-0.05, 0) is 117 Å². The van der Waals surface area contributed by atoms with Crippen molar-refractivity contribution in [2.45, 2.75) is 172 Å². The molecule has 1 saturated heterocycles. The fraction of sp³-hybridized carbons (Fsp3) is 0.486. The number of aliphatic hydroxyl groups is 1. The standard InChI is InChI=1S/C74H96FN13O16/c1-7-31-103-33-34-104-32-27-63(92)80-43-59-68(96)81-44(2)66(94)83-56-37-49-10-8-11-50(35-49)41-79-61(90)23-22-60(87(5)71(99)58(84-67(56)95)38-51-42-77-55-21-18-52(75)39-54(51)55)69(97)86-65(45(3)89)70(98)85-57(36-47-16-19-53(102-6)20-17-47)72(100)88-30-9-28-74(88,4)73(101)76-29-26-46-12-14-48(15-13-46)40-78-62(91)24-25-64(93)82-59/h8,10-21,35,39,42,44-45,56-60,65,77,89H,7,9,22-34,36-38,40-41,43H2,1-6H3,(H,76,101)(H,78,91)(H,79,90)(H,80,92)(H,81,96)(H,82,93)(H,83,94)(H,84,95)(H,85,98)(H,86,97)/t44-,45-,56+,57+,58+,59+,60+,65+,74+/m1/s1. The molecule has 0 radical (unpaired) electrons. The third-order valence-corrected chi connectivity index (χ3v) is 18.6. The van der Waals surface area contributed by atoms with Gasteiger partial charge in [-0.3, -0.25) is 57.5 Å². The van der Waals surface area contributed by atoms with Crippen LogP contribution in [0.15, 0.2) is 97.2 Å². The second-order valence-corrected chi connectivity index (χ2v) is 26.6. The van der Waals surface area contributed by atoms with Gasteiger partial charge in [0.2, 0.25) is 70.9 Å². The number of hydrogen-bond donors (Lipinski definition) is 12. The van der Waals surface area contributed by atoms with Gasteiger partial charge in [-0.25, -0.2) is 4.39 Å². The maximum absolute atomic E-state index is 15.5. The molecule has 9 rings (SSSR count). The van der Waals surface area contributed by atoms with E-state index in [1.54, 1.807) is 67.6 Å². The topological polar surface area (TPSA) is 395 Å². The third kappa shape index (κ3) is 22.6. The van der Waals surface area contributed by atoms with Crippen LogP contribution < -0.4 is 57.9 Å². The molecule has 4 aliphatic rings. The summed E-state index contributed by atoms with van der Waals surface area (Å²) < 4.78 is 31.3. The van der Waals surface area contributed by atoms with Crippen molar-refractivity contribution in [3.05, 3.63) is 136 Å². The molecule has 30 heteroatoms. The lowest BCUT2D eigenvalue weighted by atomic mass is 9.95. The predicted molar refractivity (Wildman–Crippen MR) is 379 cm³/mol. The van der Waals surface area contributed by atoms with E-state index in [9.17, 15) is 43.5 Å². The van der Waals surface area contributed by atoms with Gasteiger partial charge in [0.1, 0.15) is 59.4 Å². The first-order valence-electron chi connectivity index (χ1n) is 35.2. The maximum atomic E-state index is 15.5. The number of benzene rings is 4. The number of ether oxygens (including phenoxy) is 3. The van der Waals surface area contributed by atoms with E-state index in [0.717, 1.165) is 16.9 Å². The van der Waals surface area contributed by atoms with E-state index >= 15 is 23.6 Å². The SMILES string of the molecule is CCCOCCOCCC(=O)NC[C@@H]1NC(=O)CCC(=O)NCc2ccc(cc2)CCNC(=O)[C@]2(C)CCCN2C(=O)[C@H](Cc2ccc(OC)cc2)NC(=O)[C@H]([C@@H](C)O)NC(=O)[C@@H]2CCC(=O)NCc3cccc(c3)C[C@H](NC(=O)[C@@H](C)NC1=O)C(=O)N[C@@H](Cc1c[nH]c3ccc(F)cc13)C(=O)N2C. The van der Waals surface area contributed by atoms with Gasteiger partial charge in [0, 0.05) is 108 Å². The molecule has 5 heterocycles. The first kappa shape index (κ1) is 79.4. The quantitative estimate of drug-likeness (QED) is 0.0484. The number of hydrogen-bond acceptors (Lipinski definition) is 16. The van der Waals surface area contributed by atoms with Crippen LogP contribution in [0.2, 0.25) is 0 Å². The largest absolute Gasteiger partial charge is 0.497 e. The summed E-state index contributed by atoms with van der Waals surface area (Å²) in [6, 6.07) is 13.4. The van der Waals surface area contributed by atoms with Crippen LogP contribution in [0.25, 0.3) is 10.9 Å². The molecule has 6 bridgehead atoms. The highest BCUT2D eigenvalue weighted by molar-refractivity contribution is 6.00. The number of rotatable bonds is 16. The minimum absolute atomic E-state index is 0.00682. The molecule has 4 aromatic carbocycles. The molecule has 12 N–H and O–H groups in total. The van der Waals surface area contributed by atoms with E-state index in [1.165, 1.54) is 57.3 Å². The highest BCUT2D eigenvalue weighted by Crippen LogP contribution is 2.31. The van der Waals surface area contributed by atoms with Gasteiger partial charge < -0.3 is 87.3 Å². The number of methoxy groups -OCH3 is 1. The highest BCUT2D eigenvalue weighted by Gasteiger charge is 2.48. The number of aromatic nitrogens is 1. The summed E-state index contributed by atoms with van der Waals surface area (Å²) in [5.74, 6) is -9.47. The average molecular weight is 1440 g/mol. The molecule has 560 valence electrons. The lowest BCUT2D eigenvalue weighted by Gasteiger charge is -2.37. The smallest absolute Gasteiger partial charge is 0.246 e. The Labute approximate surface area is 602 Å². The number of nitrogens with one attached hydrogen (secondary N) is 11. The number of amides is 12. The Morgan fingerprint density at radius 2 is 1.35 bits per heavy atom. The van der Waals surface area contributed by atoms with Crippen LogP contribution in [0, 0.1) is 5.82 Å². The molecule has 0 aliphatic carbocycles. The first-order chi connectivity index (χ1) is 49.8. The molecular formula is C74H96FN13O16. The Hall–Kier alpha value is -10.3. The van der Waals surface area contributed by atoms with Gasteiger partial charge in [-0.2, -0.15) is 0 Å². The van der Waals surface area contributed by atoms with Gasteiger partial charge in [-0.1, -0.05) is 67.6 Å². The van der Waals surface area contributed by atoms with Crippen LogP contribution in [0.1, 0.15) is 112 Å². The van der Waals surface area contributed by atoms with Gasteiger partial charge in [0.05, 0.1) is 33.0 Å². The summed E-state index contributed by atoms with van der Waals surface area (Å²) in [6.07, 6.45) is -0.717. The summed E-state index contributed by atoms with van der Waals surface area (Å²) >= 11 is 0. The van der Waals surface area contributed by atoms with Crippen LogP contribution in [0.4, 0.5) is 4.39 Å². The number of nitrogens with zero attached hydrogens (tertiary/aromatic N) is 2. The first-order valence-corrected chi connectivity index (χ1v) is 35.2. The summed E-state index contributed by atoms with van der Waals surface area (Å²) in [4.78, 5) is 178. The molecule has 104 heavy (non-hydrogen) atoms. The Morgan fingerprint density at radius 1 is 0.673 bits per heavy atom. The average Bonchev–Trinajstić information content (AvgIpc) is 1.60. The summed E-state index contributed by atoms with van der Waals surface area (Å²) in [5, 5.41) is 38.9. The maximum Gasteiger partial charge on any atom is 0.246 e. The number of halogens is 1. The lowest BCUT2D eigenvalue weighted by molar-refractivity contribution is -0.147. The molecule has 0 unspecified atom stereocenters. The zero-order valence-corrected chi connectivity index (χ0v) is 59.5. The van der Waals surface area contributed by atoms with Gasteiger partial charge in [0.25, 0.3) is 0 Å². The summed E-state index contributed by atoms with van der Waals surface area (Å²) in [6.45, 7) is 7.04. The Balaban J connectivity index is 1.14. The van der Waals surface area contributed by atoms with Crippen molar-refractivity contribution < 1.29 is 81.2 Å². The molecule has 1 fully saturated rings. The normalized spacial score (nSPS) is 23.4. The van der Waals surface area contributed by atoms with Gasteiger partial charge in [0.15, 0.2) is 0 Å². The molecule has 5 aromatic rings. The van der Waals surface area contributed by atoms with Crippen molar-refractivity contribution in [1.82, 2.24) is 68.0 Å². The van der Waals surface area contributed by atoms with Crippen molar-refractivity contribution in [1.29, 1.82) is 0 Å². The molecule has 12 amide bonds. The predicted octanol–water partition coefficient (Wildman–Crippen LogP) is 0.989. The minimum Gasteiger partial charge on any atom is -0.497 e. The van der Waals surface area contributed by atoms with Crippen molar-refractivity contribution in [3.63, 3.8) is 0 Å². The molecular weight excluding hydrogens is 1350 g/mol. The van der Waals surface area contributed by atoms with E-state index in [0.29, 0.717) is 70.5 Å². The number of carbonyl (C=O) groups is 12. The molecule has 29 nitrogen and oxygen atoms in total. The molecule has 4 aliphatic heterocycles. The zero-order valence-electron chi connectivity index (χ0n) is 59.5. The number of fused-ring (bicyclic) bond motifs is 26. The number of H-pyrrole nitrogens is 1. The molecule has 1 aromatic heterocycles. The summed E-state index contributed by atoms with van der Waals surface area (Å²) in [5.41, 5.74) is 2.50.